The summed E-state index contributed by atoms with van der Waals surface area (Å²) >= 11 is 0. The maximum absolute atomic E-state index is 3.74. The van der Waals surface area contributed by atoms with Gasteiger partial charge in [0.1, 0.15) is 0 Å². The van der Waals surface area contributed by atoms with Gasteiger partial charge in [-0.3, -0.25) is 0 Å². The highest BCUT2D eigenvalue weighted by molar-refractivity contribution is 5.27. The zero-order chi connectivity index (χ0) is 9.68. The van der Waals surface area contributed by atoms with Gasteiger partial charge in [0.25, 0.3) is 0 Å². The molecule has 0 aliphatic heterocycles. The zero-order valence-corrected chi connectivity index (χ0v) is 9.10. The van der Waals surface area contributed by atoms with Crippen LogP contribution in [0, 0.1) is 5.92 Å². The lowest BCUT2D eigenvalue weighted by Gasteiger charge is -2.30. The molecule has 0 amide bonds. The molecule has 0 bridgehead atoms. The van der Waals surface area contributed by atoms with Crippen LogP contribution in [0.3, 0.4) is 0 Å². The molecular weight excluding hydrogens is 156 g/mol. The van der Waals surface area contributed by atoms with Crippen LogP contribution in [0.15, 0.2) is 23.8 Å². The largest absolute Gasteiger partial charge is 0.103 e. The molecule has 0 N–H and O–H groups in total. The third kappa shape index (κ3) is 2.72. The summed E-state index contributed by atoms with van der Waals surface area (Å²) in [7, 11) is 0. The monoisotopic (exact) mass is 178 g/mol. The first-order valence-corrected chi connectivity index (χ1v) is 5.61. The van der Waals surface area contributed by atoms with Crippen LogP contribution in [0.1, 0.15) is 52.4 Å². The molecule has 13 heavy (non-hydrogen) atoms. The van der Waals surface area contributed by atoms with Gasteiger partial charge >= 0.3 is 0 Å². The van der Waals surface area contributed by atoms with E-state index in [0.717, 1.165) is 5.92 Å². The zero-order valence-electron chi connectivity index (χ0n) is 9.10. The fourth-order valence-corrected chi connectivity index (χ4v) is 2.33. The van der Waals surface area contributed by atoms with E-state index in [2.05, 4.69) is 20.4 Å². The topological polar surface area (TPSA) is 0 Å². The summed E-state index contributed by atoms with van der Waals surface area (Å²) in [5.74, 6) is 0.888. The molecule has 0 fully saturated rings. The predicted molar refractivity (Wildman–Crippen MR) is 59.8 cm³/mol. The molecule has 1 unspecified atom stereocenters. The van der Waals surface area contributed by atoms with Gasteiger partial charge in [-0.05, 0) is 44.4 Å². The van der Waals surface area contributed by atoms with E-state index >= 15 is 0 Å². The van der Waals surface area contributed by atoms with E-state index in [1.54, 1.807) is 11.1 Å². The first-order valence-electron chi connectivity index (χ1n) is 5.61. The molecule has 0 spiro atoms. The van der Waals surface area contributed by atoms with E-state index in [9.17, 15) is 0 Å². The molecule has 74 valence electrons. The van der Waals surface area contributed by atoms with Gasteiger partial charge in [0.2, 0.25) is 0 Å². The van der Waals surface area contributed by atoms with Gasteiger partial charge in [-0.15, -0.1) is 6.58 Å². The lowest BCUT2D eigenvalue weighted by molar-refractivity contribution is 0.526. The molecule has 0 aromatic heterocycles. The Morgan fingerprint density at radius 3 is 2.77 bits per heavy atom. The molecule has 1 aliphatic rings. The second kappa shape index (κ2) is 5.26. The summed E-state index contributed by atoms with van der Waals surface area (Å²) in [5, 5.41) is 0. The summed E-state index contributed by atoms with van der Waals surface area (Å²) in [6, 6.07) is 0. The molecule has 1 atom stereocenters. The van der Waals surface area contributed by atoms with Crippen molar-refractivity contribution >= 4 is 0 Å². The molecular formula is C13H22. The standard InChI is InChI=1S/C13H22/c1-4-6-7-8-9-12-10-11(3)13(12)5-2/h4,11H,1,5-10H2,2-3H3. The van der Waals surface area contributed by atoms with E-state index in [4.69, 9.17) is 0 Å². The van der Waals surface area contributed by atoms with Crippen molar-refractivity contribution in [3.8, 4) is 0 Å². The summed E-state index contributed by atoms with van der Waals surface area (Å²) in [6.07, 6.45) is 9.88. The van der Waals surface area contributed by atoms with E-state index in [1.807, 2.05) is 6.08 Å². The van der Waals surface area contributed by atoms with Crippen molar-refractivity contribution in [2.24, 2.45) is 5.92 Å². The lowest BCUT2D eigenvalue weighted by atomic mass is 9.75. The fraction of sp³-hybridized carbons (Fsp3) is 0.692. The van der Waals surface area contributed by atoms with Crippen LogP contribution in [0.4, 0.5) is 0 Å². The van der Waals surface area contributed by atoms with Gasteiger partial charge in [-0.1, -0.05) is 31.1 Å². The number of unbranched alkanes of at least 4 members (excludes halogenated alkanes) is 2. The molecule has 0 heteroatoms. The van der Waals surface area contributed by atoms with Gasteiger partial charge in [0, 0.05) is 0 Å². The summed E-state index contributed by atoms with van der Waals surface area (Å²) in [5.41, 5.74) is 3.51. The van der Waals surface area contributed by atoms with Crippen molar-refractivity contribution in [3.63, 3.8) is 0 Å². The van der Waals surface area contributed by atoms with Crippen LogP contribution in [-0.4, -0.2) is 0 Å². The van der Waals surface area contributed by atoms with Gasteiger partial charge in [0.15, 0.2) is 0 Å². The number of hydrogen-bond acceptors (Lipinski definition) is 0. The Labute approximate surface area is 82.7 Å². The van der Waals surface area contributed by atoms with E-state index < -0.39 is 0 Å². The Bertz CT molecular complexity index is 198. The van der Waals surface area contributed by atoms with Gasteiger partial charge in [-0.25, -0.2) is 0 Å². The third-order valence-corrected chi connectivity index (χ3v) is 3.12. The highest BCUT2D eigenvalue weighted by Gasteiger charge is 2.22. The normalized spacial score (nSPS) is 21.5. The Hall–Kier alpha value is -0.520. The Kier molecular flexibility index (Phi) is 4.27. The minimum Gasteiger partial charge on any atom is -0.103 e. The Morgan fingerprint density at radius 2 is 2.23 bits per heavy atom. The fourth-order valence-electron chi connectivity index (χ4n) is 2.33. The summed E-state index contributed by atoms with van der Waals surface area (Å²) in [6.45, 7) is 8.38. The second-order valence-corrected chi connectivity index (χ2v) is 4.12. The molecule has 0 radical (unpaired) electrons. The molecule has 0 aromatic carbocycles. The smallest absolute Gasteiger partial charge is 0.0192 e. The highest BCUT2D eigenvalue weighted by atomic mass is 14.3. The molecule has 0 saturated heterocycles. The van der Waals surface area contributed by atoms with Gasteiger partial charge in [-0.2, -0.15) is 0 Å². The van der Waals surface area contributed by atoms with Gasteiger partial charge < -0.3 is 0 Å². The maximum Gasteiger partial charge on any atom is -0.0192 e. The summed E-state index contributed by atoms with van der Waals surface area (Å²) in [4.78, 5) is 0. The molecule has 0 saturated carbocycles. The summed E-state index contributed by atoms with van der Waals surface area (Å²) < 4.78 is 0. The third-order valence-electron chi connectivity index (χ3n) is 3.12. The van der Waals surface area contributed by atoms with Crippen molar-refractivity contribution in [3.05, 3.63) is 23.8 Å². The number of allylic oxidation sites excluding steroid dienone is 3. The SMILES string of the molecule is C=CCCCCC1=C(CC)C(C)C1. The van der Waals surface area contributed by atoms with Crippen LogP contribution in [0.2, 0.25) is 0 Å². The molecule has 0 heterocycles. The molecule has 1 aliphatic carbocycles. The average molecular weight is 178 g/mol. The van der Waals surface area contributed by atoms with Crippen LogP contribution in [0.5, 0.6) is 0 Å². The lowest BCUT2D eigenvalue weighted by Crippen LogP contribution is -2.14. The van der Waals surface area contributed by atoms with Crippen molar-refractivity contribution in [1.82, 2.24) is 0 Å². The van der Waals surface area contributed by atoms with Crippen molar-refractivity contribution in [2.45, 2.75) is 52.4 Å². The van der Waals surface area contributed by atoms with Crippen LogP contribution >= 0.6 is 0 Å². The van der Waals surface area contributed by atoms with Crippen molar-refractivity contribution in [2.75, 3.05) is 0 Å². The number of rotatable bonds is 6. The predicted octanol–water partition coefficient (Wildman–Crippen LogP) is 4.48. The molecule has 0 nitrogen and oxygen atoms in total. The Balaban J connectivity index is 2.22. The first kappa shape index (κ1) is 10.6. The highest BCUT2D eigenvalue weighted by Crippen LogP contribution is 2.38. The van der Waals surface area contributed by atoms with E-state index in [0.29, 0.717) is 0 Å². The minimum atomic E-state index is 0.888. The first-order chi connectivity index (χ1) is 6.29. The van der Waals surface area contributed by atoms with Gasteiger partial charge in [0.05, 0.1) is 0 Å². The van der Waals surface area contributed by atoms with E-state index in [-0.39, 0.29) is 0 Å². The average Bonchev–Trinajstić information content (AvgIpc) is 2.11. The van der Waals surface area contributed by atoms with Crippen LogP contribution < -0.4 is 0 Å². The van der Waals surface area contributed by atoms with Crippen molar-refractivity contribution < 1.29 is 0 Å². The number of hydrogen-bond donors (Lipinski definition) is 0. The van der Waals surface area contributed by atoms with Crippen molar-refractivity contribution in [1.29, 1.82) is 0 Å². The van der Waals surface area contributed by atoms with E-state index in [1.165, 1.54) is 38.5 Å². The Morgan fingerprint density at radius 1 is 1.46 bits per heavy atom. The molecule has 0 aromatic rings. The maximum atomic E-state index is 3.74. The minimum absolute atomic E-state index is 0.888. The molecule has 1 rings (SSSR count). The van der Waals surface area contributed by atoms with Crippen LogP contribution in [-0.2, 0) is 0 Å². The quantitative estimate of drug-likeness (QED) is 0.415. The van der Waals surface area contributed by atoms with Crippen LogP contribution in [0.25, 0.3) is 0 Å². The second-order valence-electron chi connectivity index (χ2n) is 4.12.